The van der Waals surface area contributed by atoms with E-state index in [0.717, 1.165) is 51.4 Å². The Morgan fingerprint density at radius 3 is 2.22 bits per heavy atom. The fourth-order valence-electron chi connectivity index (χ4n) is 4.32. The van der Waals surface area contributed by atoms with Crippen molar-refractivity contribution in [3.05, 3.63) is 12.2 Å². The zero-order valence-electron chi connectivity index (χ0n) is 22.4. The molecule has 0 bridgehead atoms. The Morgan fingerprint density at radius 1 is 0.917 bits per heavy atom. The minimum Gasteiger partial charge on any atom is -0.466 e. The molecule has 36 heavy (non-hydrogen) atoms. The molecule has 5 atom stereocenters. The monoisotopic (exact) mass is 538 g/mol. The Kier molecular flexibility index (Phi) is 16.6. The molecule has 0 aromatic heterocycles. The van der Waals surface area contributed by atoms with Crippen LogP contribution in [0.1, 0.15) is 92.4 Å². The van der Waals surface area contributed by atoms with Crippen LogP contribution < -0.4 is 0 Å². The SMILES string of the molecule is CCCCC[C@@H](C#CC1C(SC(C)=O)CC(SC(C)=O)C1C/C=C\CCCCOC(C)=O)OC(C)=O. The Balaban J connectivity index is 2.99. The van der Waals surface area contributed by atoms with E-state index >= 15 is 0 Å². The van der Waals surface area contributed by atoms with Crippen LogP contribution in [-0.4, -0.2) is 45.4 Å². The van der Waals surface area contributed by atoms with Gasteiger partial charge in [0, 0.05) is 44.1 Å². The molecule has 202 valence electrons. The standard InChI is InChI=1S/C28H42O6S2/c1-6-7-11-14-24(34-21(3)30)16-17-26-25(15-12-9-8-10-13-18-33-20(2)29)27(35-22(4)31)19-28(26)36-23(5)32/h9,12,24-28H,6-8,10-11,13-15,18-19H2,1-5H3/b12-9-/t24-,25?,26?,27?,28?/m0/s1. The van der Waals surface area contributed by atoms with Crippen LogP contribution in [0, 0.1) is 23.7 Å². The van der Waals surface area contributed by atoms with Gasteiger partial charge in [-0.05, 0) is 50.9 Å². The normalized spacial score (nSPS) is 22.0. The van der Waals surface area contributed by atoms with Gasteiger partial charge < -0.3 is 9.47 Å². The number of esters is 2. The van der Waals surface area contributed by atoms with Crippen LogP contribution in [0.5, 0.6) is 0 Å². The molecule has 4 unspecified atom stereocenters. The van der Waals surface area contributed by atoms with Gasteiger partial charge in [-0.15, -0.1) is 0 Å². The summed E-state index contributed by atoms with van der Waals surface area (Å²) in [4.78, 5) is 46.4. The smallest absolute Gasteiger partial charge is 0.303 e. The van der Waals surface area contributed by atoms with E-state index in [0.29, 0.717) is 13.0 Å². The molecule has 0 aromatic rings. The van der Waals surface area contributed by atoms with E-state index in [1.54, 1.807) is 13.8 Å². The number of carbonyl (C=O) groups is 4. The molecule has 0 spiro atoms. The summed E-state index contributed by atoms with van der Waals surface area (Å²) in [5.41, 5.74) is 0. The second-order valence-electron chi connectivity index (χ2n) is 9.15. The maximum Gasteiger partial charge on any atom is 0.303 e. The lowest BCUT2D eigenvalue weighted by atomic mass is 9.92. The fraction of sp³-hybridized carbons (Fsp3) is 0.714. The van der Waals surface area contributed by atoms with E-state index in [2.05, 4.69) is 30.9 Å². The van der Waals surface area contributed by atoms with Crippen LogP contribution in [0.15, 0.2) is 12.2 Å². The van der Waals surface area contributed by atoms with Crippen LogP contribution >= 0.6 is 23.5 Å². The third-order valence-electron chi connectivity index (χ3n) is 5.87. The fourth-order valence-corrected chi connectivity index (χ4v) is 6.77. The second kappa shape index (κ2) is 18.5. The average molecular weight is 539 g/mol. The van der Waals surface area contributed by atoms with E-state index in [1.165, 1.54) is 37.4 Å². The maximum absolute atomic E-state index is 12.0. The molecule has 1 rings (SSSR count). The van der Waals surface area contributed by atoms with Gasteiger partial charge in [0.15, 0.2) is 16.3 Å². The zero-order chi connectivity index (χ0) is 26.9. The first-order valence-corrected chi connectivity index (χ1v) is 14.7. The summed E-state index contributed by atoms with van der Waals surface area (Å²) in [6.07, 6.45) is 11.7. The van der Waals surface area contributed by atoms with Crippen molar-refractivity contribution in [2.24, 2.45) is 11.8 Å². The third-order valence-corrected chi connectivity index (χ3v) is 8.17. The number of allylic oxidation sites excluding steroid dienone is 2. The van der Waals surface area contributed by atoms with Crippen LogP contribution in [0.3, 0.4) is 0 Å². The van der Waals surface area contributed by atoms with Crippen molar-refractivity contribution in [1.29, 1.82) is 0 Å². The highest BCUT2D eigenvalue weighted by molar-refractivity contribution is 8.15. The highest BCUT2D eigenvalue weighted by Gasteiger charge is 2.43. The summed E-state index contributed by atoms with van der Waals surface area (Å²) >= 11 is 2.65. The van der Waals surface area contributed by atoms with Gasteiger partial charge in [-0.1, -0.05) is 67.3 Å². The van der Waals surface area contributed by atoms with Gasteiger partial charge in [0.2, 0.25) is 0 Å². The number of rotatable bonds is 14. The zero-order valence-corrected chi connectivity index (χ0v) is 24.0. The summed E-state index contributed by atoms with van der Waals surface area (Å²) in [6, 6.07) is 0. The highest BCUT2D eigenvalue weighted by Crippen LogP contribution is 2.47. The van der Waals surface area contributed by atoms with Crippen molar-refractivity contribution < 1.29 is 28.7 Å². The van der Waals surface area contributed by atoms with Crippen LogP contribution in [0.25, 0.3) is 0 Å². The molecule has 0 aliphatic heterocycles. The van der Waals surface area contributed by atoms with Gasteiger partial charge in [-0.3, -0.25) is 19.2 Å². The number of thioether (sulfide) groups is 2. The topological polar surface area (TPSA) is 86.7 Å². The third kappa shape index (κ3) is 14.1. The molecule has 0 aromatic carbocycles. The van der Waals surface area contributed by atoms with Gasteiger partial charge in [-0.2, -0.15) is 0 Å². The molecule has 0 heterocycles. The largest absolute Gasteiger partial charge is 0.466 e. The van der Waals surface area contributed by atoms with Crippen LogP contribution in [0.2, 0.25) is 0 Å². The van der Waals surface area contributed by atoms with Gasteiger partial charge >= 0.3 is 11.9 Å². The lowest BCUT2D eigenvalue weighted by Crippen LogP contribution is -2.21. The predicted octanol–water partition coefficient (Wildman–Crippen LogP) is 6.11. The number of hydrogen-bond acceptors (Lipinski definition) is 8. The Morgan fingerprint density at radius 2 is 1.61 bits per heavy atom. The second-order valence-corrected chi connectivity index (χ2v) is 12.0. The number of carbonyl (C=O) groups excluding carboxylic acids is 4. The molecule has 1 aliphatic rings. The minimum atomic E-state index is -0.454. The van der Waals surface area contributed by atoms with Crippen LogP contribution in [0.4, 0.5) is 0 Å². The molecule has 1 saturated carbocycles. The summed E-state index contributed by atoms with van der Waals surface area (Å²) in [7, 11) is 0. The summed E-state index contributed by atoms with van der Waals surface area (Å²) in [5, 5.41) is 0.195. The van der Waals surface area contributed by atoms with E-state index in [-0.39, 0.29) is 44.5 Å². The molecule has 0 amide bonds. The summed E-state index contributed by atoms with van der Waals surface area (Å²) in [5.74, 6) is 6.05. The van der Waals surface area contributed by atoms with Crippen molar-refractivity contribution in [1.82, 2.24) is 0 Å². The highest BCUT2D eigenvalue weighted by atomic mass is 32.2. The van der Waals surface area contributed by atoms with Crippen LogP contribution in [-0.2, 0) is 28.7 Å². The first-order chi connectivity index (χ1) is 17.1. The average Bonchev–Trinajstić information content (AvgIpc) is 3.07. The molecular formula is C28H42O6S2. The van der Waals surface area contributed by atoms with Crippen molar-refractivity contribution >= 4 is 45.7 Å². The summed E-state index contributed by atoms with van der Waals surface area (Å²) in [6.45, 7) is 8.52. The van der Waals surface area contributed by atoms with E-state index in [1.807, 2.05) is 0 Å². The lowest BCUT2D eigenvalue weighted by Gasteiger charge is -2.21. The van der Waals surface area contributed by atoms with E-state index in [9.17, 15) is 19.2 Å². The molecule has 1 fully saturated rings. The predicted molar refractivity (Wildman–Crippen MR) is 147 cm³/mol. The number of ether oxygens (including phenoxy) is 2. The number of hydrogen-bond donors (Lipinski definition) is 0. The first-order valence-electron chi connectivity index (χ1n) is 12.9. The lowest BCUT2D eigenvalue weighted by molar-refractivity contribution is -0.144. The quantitative estimate of drug-likeness (QED) is 0.113. The van der Waals surface area contributed by atoms with Gasteiger partial charge in [-0.25, -0.2) is 0 Å². The van der Waals surface area contributed by atoms with Crippen molar-refractivity contribution in [3.8, 4) is 11.8 Å². The first kappa shape index (κ1) is 32.3. The number of unbranched alkanes of at least 4 members (excludes halogenated alkanes) is 4. The molecule has 8 heteroatoms. The van der Waals surface area contributed by atoms with Gasteiger partial charge in [0.1, 0.15) is 0 Å². The Labute approximate surface area is 225 Å². The van der Waals surface area contributed by atoms with Crippen molar-refractivity contribution in [2.75, 3.05) is 6.61 Å². The molecule has 1 aliphatic carbocycles. The minimum absolute atomic E-state index is 0.00241. The van der Waals surface area contributed by atoms with Crippen molar-refractivity contribution in [3.63, 3.8) is 0 Å². The summed E-state index contributed by atoms with van der Waals surface area (Å²) < 4.78 is 10.4. The van der Waals surface area contributed by atoms with E-state index < -0.39 is 6.10 Å². The molecule has 0 saturated heterocycles. The van der Waals surface area contributed by atoms with Crippen molar-refractivity contribution in [2.45, 2.75) is 109 Å². The Bertz CT molecular complexity index is 813. The molecule has 0 radical (unpaired) electrons. The molecule has 0 N–H and O–H groups in total. The Hall–Kier alpha value is -1.72. The van der Waals surface area contributed by atoms with Gasteiger partial charge in [0.25, 0.3) is 0 Å². The molecular weight excluding hydrogens is 496 g/mol. The molecule has 6 nitrogen and oxygen atoms in total. The van der Waals surface area contributed by atoms with Gasteiger partial charge in [0.05, 0.1) is 6.61 Å². The maximum atomic E-state index is 12.0. The van der Waals surface area contributed by atoms with E-state index in [4.69, 9.17) is 9.47 Å².